The van der Waals surface area contributed by atoms with E-state index in [9.17, 15) is 18.8 Å². The molecule has 72 heavy (non-hydrogen) atoms. The Morgan fingerprint density at radius 2 is 1.75 bits per heavy atom. The van der Waals surface area contributed by atoms with Crippen LogP contribution in [0.5, 0.6) is 5.75 Å². The lowest BCUT2D eigenvalue weighted by Crippen LogP contribution is -2.33. The van der Waals surface area contributed by atoms with Crippen molar-refractivity contribution in [3.63, 3.8) is 0 Å². The second-order valence-electron chi connectivity index (χ2n) is 17.7. The molecule has 1 aliphatic rings. The van der Waals surface area contributed by atoms with Crippen molar-refractivity contribution in [3.8, 4) is 28.3 Å². The highest BCUT2D eigenvalue weighted by atomic mass is 19.1. The fourth-order valence-electron chi connectivity index (χ4n) is 7.71. The number of fused-ring (bicyclic) bond motifs is 1. The first-order valence-corrected chi connectivity index (χ1v) is 23.3. The summed E-state index contributed by atoms with van der Waals surface area (Å²) in [6, 6.07) is 20.3. The van der Waals surface area contributed by atoms with Gasteiger partial charge >= 0.3 is 6.16 Å². The molecule has 7 aromatic rings. The summed E-state index contributed by atoms with van der Waals surface area (Å²) in [7, 11) is 1.50. The number of halogens is 2. The van der Waals surface area contributed by atoms with Gasteiger partial charge in [-0.3, -0.25) is 14.6 Å². The minimum absolute atomic E-state index is 0.00495. The lowest BCUT2D eigenvalue weighted by molar-refractivity contribution is -0.126. The van der Waals surface area contributed by atoms with Crippen molar-refractivity contribution in [2.75, 3.05) is 55.1 Å². The summed E-state index contributed by atoms with van der Waals surface area (Å²) in [5.74, 6) is -1.62. The average Bonchev–Trinajstić information content (AvgIpc) is 4.14. The van der Waals surface area contributed by atoms with Gasteiger partial charge in [0.25, 0.3) is 11.8 Å². The lowest BCUT2D eigenvalue weighted by Gasteiger charge is -2.20. The number of nitrogens with zero attached hydrogens (tertiary/aromatic N) is 8. The van der Waals surface area contributed by atoms with Crippen molar-refractivity contribution in [1.82, 2.24) is 39.4 Å². The van der Waals surface area contributed by atoms with Gasteiger partial charge in [0.05, 0.1) is 30.2 Å². The van der Waals surface area contributed by atoms with Gasteiger partial charge in [-0.1, -0.05) is 43.0 Å². The van der Waals surface area contributed by atoms with E-state index in [0.29, 0.717) is 35.0 Å². The van der Waals surface area contributed by atoms with Crippen LogP contribution in [-0.2, 0) is 20.8 Å². The van der Waals surface area contributed by atoms with Crippen LogP contribution in [0.2, 0.25) is 0 Å². The third kappa shape index (κ3) is 11.9. The van der Waals surface area contributed by atoms with Crippen LogP contribution in [0.25, 0.3) is 33.7 Å². The van der Waals surface area contributed by atoms with Crippen LogP contribution in [0, 0.1) is 18.6 Å². The molecule has 1 fully saturated rings. The zero-order valence-corrected chi connectivity index (χ0v) is 40.4. The molecule has 8 rings (SSSR count). The van der Waals surface area contributed by atoms with Crippen molar-refractivity contribution >= 4 is 52.4 Å². The number of carbonyl (C=O) groups excluding carboxylic acids is 3. The maximum Gasteiger partial charge on any atom is 0.508 e. The highest BCUT2D eigenvalue weighted by Crippen LogP contribution is 2.41. The predicted octanol–water partition coefficient (Wildman–Crippen LogP) is 8.88. The van der Waals surface area contributed by atoms with Gasteiger partial charge in [0.1, 0.15) is 43.5 Å². The summed E-state index contributed by atoms with van der Waals surface area (Å²) in [6.45, 7) is 11.0. The zero-order valence-electron chi connectivity index (χ0n) is 40.4. The van der Waals surface area contributed by atoms with E-state index in [2.05, 4.69) is 42.5 Å². The highest BCUT2D eigenvalue weighted by molar-refractivity contribution is 6.05. The molecule has 1 saturated carbocycles. The Balaban J connectivity index is 0.814. The van der Waals surface area contributed by atoms with Crippen LogP contribution in [0.4, 0.5) is 36.8 Å². The van der Waals surface area contributed by atoms with Gasteiger partial charge in [-0.2, -0.15) is 9.97 Å². The predicted molar refractivity (Wildman–Crippen MR) is 268 cm³/mol. The van der Waals surface area contributed by atoms with Crippen molar-refractivity contribution in [2.45, 2.75) is 65.1 Å². The molecular weight excluding hydrogens is 927 g/mol. The molecule has 4 heterocycles. The van der Waals surface area contributed by atoms with Gasteiger partial charge in [-0.15, -0.1) is 0 Å². The molecule has 3 aromatic carbocycles. The second-order valence-corrected chi connectivity index (χ2v) is 17.7. The Morgan fingerprint density at radius 1 is 0.958 bits per heavy atom. The number of likely N-dealkylation sites (N-methyl/N-ethyl adjacent to an activating group) is 1. The number of ether oxygens (including phenoxy) is 3. The fourth-order valence-corrected chi connectivity index (χ4v) is 7.71. The van der Waals surface area contributed by atoms with Crippen LogP contribution in [0.3, 0.4) is 0 Å². The standard InChI is InChI=1S/C52H54F2N12O6/c1-29(2)66-28-60-44-47(57-24-33-10-12-35(13-11-33)41-9-7-8-18-56-41)63-51(64-48(44)66)61-31(4)26-72-52(69)71-25-30(3)50(68)65(6)19-20-70-45-43(58-27-59-46(45)55)39-22-37(53)23-42(32(39)5)62-49(67)38-17-16-36(21-40(38)54)34-14-15-34/h7-13,16-18,21-23,27-29,31,34H,3,14-15,19-20,24-26H2,1-2,4-6H3,(H,62,67)(H2,55,58,59)(H2,57,61,63,64)/t31-/m1/s1. The second kappa shape index (κ2) is 22.0. The number of anilines is 4. The van der Waals surface area contributed by atoms with Gasteiger partial charge in [0.15, 0.2) is 28.5 Å². The van der Waals surface area contributed by atoms with Crippen LogP contribution in [0.15, 0.2) is 104 Å². The van der Waals surface area contributed by atoms with E-state index in [-0.39, 0.29) is 71.4 Å². The van der Waals surface area contributed by atoms with Gasteiger partial charge < -0.3 is 45.4 Å². The van der Waals surface area contributed by atoms with E-state index in [1.54, 1.807) is 32.4 Å². The number of hydrogen-bond acceptors (Lipinski definition) is 15. The van der Waals surface area contributed by atoms with Crippen LogP contribution in [0.1, 0.15) is 72.6 Å². The van der Waals surface area contributed by atoms with Gasteiger partial charge in [0, 0.05) is 48.2 Å². The number of imidazole rings is 1. The number of carbonyl (C=O) groups is 3. The molecule has 1 atom stereocenters. The molecule has 1 aliphatic carbocycles. The molecule has 20 heteroatoms. The Kier molecular flexibility index (Phi) is 15.3. The van der Waals surface area contributed by atoms with E-state index in [1.165, 1.54) is 36.5 Å². The Hall–Kier alpha value is -8.55. The third-order valence-corrected chi connectivity index (χ3v) is 11.9. The van der Waals surface area contributed by atoms with Crippen molar-refractivity contribution in [3.05, 3.63) is 138 Å². The minimum atomic E-state index is -1.02. The normalized spacial score (nSPS) is 12.6. The quantitative estimate of drug-likeness (QED) is 0.0413. The van der Waals surface area contributed by atoms with Crippen molar-refractivity contribution in [1.29, 1.82) is 0 Å². The Morgan fingerprint density at radius 3 is 2.47 bits per heavy atom. The summed E-state index contributed by atoms with van der Waals surface area (Å²) >= 11 is 0. The van der Waals surface area contributed by atoms with E-state index >= 15 is 4.39 Å². The van der Waals surface area contributed by atoms with Gasteiger partial charge in [-0.05, 0) is 99.5 Å². The van der Waals surface area contributed by atoms with E-state index in [0.717, 1.165) is 41.3 Å². The smallest absolute Gasteiger partial charge is 0.486 e. The number of aromatic nitrogens is 7. The highest BCUT2D eigenvalue weighted by Gasteiger charge is 2.26. The molecular formula is C52H54F2N12O6. The maximum atomic E-state index is 15.1. The van der Waals surface area contributed by atoms with Crippen LogP contribution >= 0.6 is 0 Å². The Bertz CT molecular complexity index is 3130. The van der Waals surface area contributed by atoms with E-state index in [1.807, 2.05) is 60.9 Å². The molecule has 0 radical (unpaired) electrons. The van der Waals surface area contributed by atoms with Crippen LogP contribution < -0.4 is 26.4 Å². The molecule has 372 valence electrons. The lowest BCUT2D eigenvalue weighted by atomic mass is 10.0. The summed E-state index contributed by atoms with van der Waals surface area (Å²) in [5.41, 5.74) is 11.8. The third-order valence-electron chi connectivity index (χ3n) is 11.9. The molecule has 5 N–H and O–H groups in total. The van der Waals surface area contributed by atoms with Crippen molar-refractivity contribution < 1.29 is 37.4 Å². The number of rotatable bonds is 20. The first kappa shape index (κ1) is 49.9. The van der Waals surface area contributed by atoms with E-state index in [4.69, 9.17) is 29.9 Å². The number of benzene rings is 3. The van der Waals surface area contributed by atoms with Crippen LogP contribution in [-0.4, -0.2) is 96.8 Å². The molecule has 2 amide bonds. The zero-order chi connectivity index (χ0) is 51.1. The summed E-state index contributed by atoms with van der Waals surface area (Å²) in [5, 5.41) is 9.21. The number of nitrogens with two attached hydrogens (primary N) is 1. The summed E-state index contributed by atoms with van der Waals surface area (Å²) in [6.07, 6.45) is 5.60. The van der Waals surface area contributed by atoms with Crippen molar-refractivity contribution in [2.24, 2.45) is 0 Å². The molecule has 0 spiro atoms. The number of nitrogen functional groups attached to an aromatic ring is 1. The number of nitrogens with one attached hydrogen (secondary N) is 3. The topological polar surface area (TPSA) is 227 Å². The van der Waals surface area contributed by atoms with Gasteiger partial charge in [0.2, 0.25) is 5.95 Å². The maximum absolute atomic E-state index is 15.1. The van der Waals surface area contributed by atoms with E-state index < -0.39 is 42.3 Å². The molecule has 0 saturated heterocycles. The number of amides is 2. The fraction of sp³-hybridized carbons (Fsp3) is 0.288. The first-order valence-electron chi connectivity index (χ1n) is 23.3. The monoisotopic (exact) mass is 980 g/mol. The largest absolute Gasteiger partial charge is 0.508 e. The number of hydrogen-bond donors (Lipinski definition) is 4. The summed E-state index contributed by atoms with van der Waals surface area (Å²) in [4.78, 5) is 67.1. The summed E-state index contributed by atoms with van der Waals surface area (Å²) < 4.78 is 48.6. The number of pyridine rings is 1. The average molecular weight is 981 g/mol. The molecule has 4 aromatic heterocycles. The molecule has 0 unspecified atom stereocenters. The minimum Gasteiger partial charge on any atom is -0.486 e. The van der Waals surface area contributed by atoms with Gasteiger partial charge in [-0.25, -0.2) is 28.5 Å². The first-order chi connectivity index (χ1) is 34.6. The molecule has 0 bridgehead atoms. The Labute approximate surface area is 414 Å². The molecule has 0 aliphatic heterocycles. The SMILES string of the molecule is C=C(COC(=O)OC[C@@H](C)Nc1nc(NCc2ccc(-c3ccccn3)cc2)c2ncn(C(C)C)c2n1)C(=O)N(C)CCOc1c(N)ncnc1-c1cc(F)cc(NC(=O)c2ccc(C3CC3)cc2F)c1C. The molecule has 18 nitrogen and oxygen atoms in total.